The second-order valence-corrected chi connectivity index (χ2v) is 5.34. The van der Waals surface area contributed by atoms with Crippen molar-refractivity contribution in [2.24, 2.45) is 0 Å². The molecular formula is C11H15N5S. The van der Waals surface area contributed by atoms with E-state index in [1.54, 1.807) is 0 Å². The predicted octanol–water partition coefficient (Wildman–Crippen LogP) is 2.41. The number of nitrogens with zero attached hydrogens (tertiary/aromatic N) is 4. The van der Waals surface area contributed by atoms with Gasteiger partial charge in [-0.05, 0) is 19.8 Å². The Labute approximate surface area is 104 Å². The molecule has 0 aromatic carbocycles. The van der Waals surface area contributed by atoms with Crippen molar-refractivity contribution in [3.8, 4) is 11.5 Å². The van der Waals surface area contributed by atoms with Gasteiger partial charge in [0.1, 0.15) is 11.5 Å². The fourth-order valence-electron chi connectivity index (χ4n) is 2.53. The molecule has 1 aliphatic rings. The van der Waals surface area contributed by atoms with Gasteiger partial charge in [-0.2, -0.15) is 0 Å². The summed E-state index contributed by atoms with van der Waals surface area (Å²) < 4.78 is 2.22. The normalized spacial score (nSPS) is 16.8. The number of aryl methyl sites for hydroxylation is 1. The number of thiazole rings is 1. The van der Waals surface area contributed by atoms with E-state index in [0.29, 0.717) is 11.2 Å². The predicted molar refractivity (Wildman–Crippen MR) is 67.8 cm³/mol. The van der Waals surface area contributed by atoms with E-state index >= 15 is 0 Å². The Morgan fingerprint density at radius 2 is 2.12 bits per heavy atom. The van der Waals surface area contributed by atoms with E-state index in [0.717, 1.165) is 17.3 Å². The molecule has 2 heterocycles. The highest BCUT2D eigenvalue weighted by atomic mass is 32.1. The zero-order valence-corrected chi connectivity index (χ0v) is 10.6. The highest BCUT2D eigenvalue weighted by Crippen LogP contribution is 2.34. The van der Waals surface area contributed by atoms with Crippen LogP contribution < -0.4 is 5.73 Å². The van der Waals surface area contributed by atoms with Gasteiger partial charge in [-0.3, -0.25) is 0 Å². The largest absolute Gasteiger partial charge is 0.375 e. The van der Waals surface area contributed by atoms with E-state index in [1.165, 1.54) is 37.0 Å². The minimum atomic E-state index is 0.530. The fraction of sp³-hybridized carbons (Fsp3) is 0.545. The standard InChI is InChI=1S/C11H15N5S/c1-7-14-15-10(9-6-17-11(12)13-9)16(7)8-4-2-3-5-8/h6,8H,2-5H2,1H3,(H2,12,13). The van der Waals surface area contributed by atoms with Crippen LogP contribution in [0.15, 0.2) is 5.38 Å². The number of hydrogen-bond acceptors (Lipinski definition) is 5. The third-order valence-corrected chi connectivity index (χ3v) is 3.98. The van der Waals surface area contributed by atoms with Gasteiger partial charge < -0.3 is 10.3 Å². The molecule has 90 valence electrons. The number of nitrogen functional groups attached to an aromatic ring is 1. The van der Waals surface area contributed by atoms with Gasteiger partial charge in [0.2, 0.25) is 0 Å². The summed E-state index contributed by atoms with van der Waals surface area (Å²) in [5.41, 5.74) is 6.52. The van der Waals surface area contributed by atoms with Gasteiger partial charge in [0, 0.05) is 11.4 Å². The summed E-state index contributed by atoms with van der Waals surface area (Å²) in [6.07, 6.45) is 5.01. The minimum Gasteiger partial charge on any atom is -0.375 e. The first kappa shape index (κ1) is 10.7. The molecule has 5 nitrogen and oxygen atoms in total. The first-order valence-corrected chi connectivity index (χ1v) is 6.76. The molecule has 0 aliphatic heterocycles. The SMILES string of the molecule is Cc1nnc(-c2csc(N)n2)n1C1CCCC1. The lowest BCUT2D eigenvalue weighted by molar-refractivity contribution is 0.510. The molecule has 17 heavy (non-hydrogen) atoms. The fourth-order valence-corrected chi connectivity index (χ4v) is 3.08. The molecule has 0 saturated heterocycles. The molecule has 0 unspecified atom stereocenters. The second-order valence-electron chi connectivity index (χ2n) is 4.45. The Morgan fingerprint density at radius 1 is 1.35 bits per heavy atom. The summed E-state index contributed by atoms with van der Waals surface area (Å²) in [4.78, 5) is 4.30. The van der Waals surface area contributed by atoms with E-state index in [4.69, 9.17) is 5.73 Å². The van der Waals surface area contributed by atoms with Gasteiger partial charge in [-0.1, -0.05) is 12.8 Å². The third kappa shape index (κ3) is 1.82. The number of anilines is 1. The molecule has 1 aliphatic carbocycles. The van der Waals surface area contributed by atoms with Crippen LogP contribution in [0.4, 0.5) is 5.13 Å². The topological polar surface area (TPSA) is 69.6 Å². The van der Waals surface area contributed by atoms with Crippen LogP contribution in [0, 0.1) is 6.92 Å². The Kier molecular flexibility index (Phi) is 2.58. The van der Waals surface area contributed by atoms with E-state index in [2.05, 4.69) is 19.7 Å². The van der Waals surface area contributed by atoms with E-state index < -0.39 is 0 Å². The van der Waals surface area contributed by atoms with Crippen molar-refractivity contribution in [2.45, 2.75) is 38.6 Å². The molecule has 0 radical (unpaired) electrons. The molecule has 2 aromatic rings. The minimum absolute atomic E-state index is 0.530. The summed E-state index contributed by atoms with van der Waals surface area (Å²) >= 11 is 1.45. The summed E-state index contributed by atoms with van der Waals surface area (Å²) in [5, 5.41) is 11.0. The monoisotopic (exact) mass is 249 g/mol. The van der Waals surface area contributed by atoms with Crippen molar-refractivity contribution < 1.29 is 0 Å². The maximum atomic E-state index is 5.68. The van der Waals surface area contributed by atoms with Crippen LogP contribution in [0.1, 0.15) is 37.5 Å². The Bertz CT molecular complexity index is 524. The Hall–Kier alpha value is -1.43. The third-order valence-electron chi connectivity index (χ3n) is 3.31. The summed E-state index contributed by atoms with van der Waals surface area (Å²) in [7, 11) is 0. The highest BCUT2D eigenvalue weighted by molar-refractivity contribution is 7.13. The van der Waals surface area contributed by atoms with Crippen LogP contribution in [0.3, 0.4) is 0 Å². The molecule has 0 spiro atoms. The van der Waals surface area contributed by atoms with Crippen molar-refractivity contribution in [1.82, 2.24) is 19.7 Å². The molecule has 3 rings (SSSR count). The second kappa shape index (κ2) is 4.10. The molecule has 2 N–H and O–H groups in total. The molecule has 2 aromatic heterocycles. The molecule has 0 amide bonds. The van der Waals surface area contributed by atoms with Crippen LogP contribution in [-0.2, 0) is 0 Å². The average molecular weight is 249 g/mol. The molecule has 6 heteroatoms. The van der Waals surface area contributed by atoms with Crippen molar-refractivity contribution in [3.63, 3.8) is 0 Å². The maximum Gasteiger partial charge on any atom is 0.183 e. The maximum absolute atomic E-state index is 5.68. The van der Waals surface area contributed by atoms with Crippen molar-refractivity contribution in [1.29, 1.82) is 0 Å². The van der Waals surface area contributed by atoms with E-state index in [-0.39, 0.29) is 0 Å². The van der Waals surface area contributed by atoms with Crippen LogP contribution in [-0.4, -0.2) is 19.7 Å². The van der Waals surface area contributed by atoms with Gasteiger partial charge in [-0.15, -0.1) is 21.5 Å². The number of hydrogen-bond donors (Lipinski definition) is 1. The van der Waals surface area contributed by atoms with Gasteiger partial charge in [0.05, 0.1) is 0 Å². The smallest absolute Gasteiger partial charge is 0.183 e. The van der Waals surface area contributed by atoms with Gasteiger partial charge in [0.25, 0.3) is 0 Å². The van der Waals surface area contributed by atoms with Crippen LogP contribution in [0.5, 0.6) is 0 Å². The number of aromatic nitrogens is 4. The zero-order chi connectivity index (χ0) is 11.8. The zero-order valence-electron chi connectivity index (χ0n) is 9.76. The number of rotatable bonds is 2. The first-order chi connectivity index (χ1) is 8.25. The van der Waals surface area contributed by atoms with Crippen LogP contribution in [0.2, 0.25) is 0 Å². The van der Waals surface area contributed by atoms with Crippen LogP contribution >= 0.6 is 11.3 Å². The van der Waals surface area contributed by atoms with Gasteiger partial charge in [-0.25, -0.2) is 4.98 Å². The van der Waals surface area contributed by atoms with Gasteiger partial charge >= 0.3 is 0 Å². The molecule has 1 saturated carbocycles. The summed E-state index contributed by atoms with van der Waals surface area (Å²) in [6.45, 7) is 2.00. The van der Waals surface area contributed by atoms with E-state index in [1.807, 2.05) is 12.3 Å². The summed E-state index contributed by atoms with van der Waals surface area (Å²) in [6, 6.07) is 0.530. The van der Waals surface area contributed by atoms with E-state index in [9.17, 15) is 0 Å². The molecule has 0 bridgehead atoms. The van der Waals surface area contributed by atoms with Crippen LogP contribution in [0.25, 0.3) is 11.5 Å². The van der Waals surface area contributed by atoms with Crippen molar-refractivity contribution in [3.05, 3.63) is 11.2 Å². The van der Waals surface area contributed by atoms with Crippen molar-refractivity contribution >= 4 is 16.5 Å². The number of nitrogens with two attached hydrogens (primary N) is 1. The molecular weight excluding hydrogens is 234 g/mol. The first-order valence-electron chi connectivity index (χ1n) is 5.88. The average Bonchev–Trinajstić information content (AvgIpc) is 2.97. The lowest BCUT2D eigenvalue weighted by Gasteiger charge is -2.14. The quantitative estimate of drug-likeness (QED) is 0.887. The Morgan fingerprint density at radius 3 is 2.76 bits per heavy atom. The highest BCUT2D eigenvalue weighted by Gasteiger charge is 2.23. The van der Waals surface area contributed by atoms with Crippen molar-refractivity contribution in [2.75, 3.05) is 5.73 Å². The summed E-state index contributed by atoms with van der Waals surface area (Å²) in [5.74, 6) is 1.83. The molecule has 1 fully saturated rings. The van der Waals surface area contributed by atoms with Gasteiger partial charge in [0.15, 0.2) is 11.0 Å². The lowest BCUT2D eigenvalue weighted by Crippen LogP contribution is -2.08. The Balaban J connectivity index is 2.05. The lowest BCUT2D eigenvalue weighted by atomic mass is 10.2. The molecule has 0 atom stereocenters.